The average molecular weight is 761 g/mol. The fraction of sp³-hybridized carbons (Fsp3) is 0.273. The Kier molecular flexibility index (Phi) is 15.9. The highest BCUT2D eigenvalue weighted by molar-refractivity contribution is 6.32. The zero-order chi connectivity index (χ0) is 38.7. The molecule has 0 fully saturated rings. The minimum atomic E-state index is -0.647. The van der Waals surface area contributed by atoms with Gasteiger partial charge in [-0.15, -0.1) is 0 Å². The molecule has 0 heterocycles. The number of rotatable bonds is 20. The predicted molar refractivity (Wildman–Crippen MR) is 215 cm³/mol. The Bertz CT molecular complexity index is 2020. The van der Waals surface area contributed by atoms with Gasteiger partial charge in [-0.25, -0.2) is 9.59 Å². The van der Waals surface area contributed by atoms with Crippen molar-refractivity contribution in [3.63, 3.8) is 0 Å². The Balaban J connectivity index is 1.09. The third-order valence-corrected chi connectivity index (χ3v) is 8.60. The minimum Gasteiger partial charge on any atom is -0.494 e. The summed E-state index contributed by atoms with van der Waals surface area (Å²) in [5.41, 5.74) is 3.04. The first kappa shape index (κ1) is 40.3. The number of halogens is 1. The van der Waals surface area contributed by atoms with Gasteiger partial charge >= 0.3 is 11.9 Å². The quantitative estimate of drug-likeness (QED) is 0.0337. The zero-order valence-corrected chi connectivity index (χ0v) is 31.9. The maximum absolute atomic E-state index is 13.0. The predicted octanol–water partition coefficient (Wildman–Crippen LogP) is 13.5. The smallest absolute Gasteiger partial charge is 0.343 e. The van der Waals surface area contributed by atoms with Gasteiger partial charge < -0.3 is 18.9 Å². The summed E-state index contributed by atoms with van der Waals surface area (Å²) in [7, 11) is 0. The van der Waals surface area contributed by atoms with Gasteiger partial charge in [0.05, 0.1) is 52.1 Å². The topological polar surface area (TPSA) is 121 Å². The number of nitrogens with zero attached hydrogens (tertiary/aromatic N) is 4. The molecule has 0 N–H and O–H groups in total. The number of benzene rings is 5. The molecule has 0 atom stereocenters. The van der Waals surface area contributed by atoms with Gasteiger partial charge in [-0.05, 0) is 122 Å². The van der Waals surface area contributed by atoms with Crippen molar-refractivity contribution in [3.05, 3.63) is 131 Å². The molecule has 0 aliphatic heterocycles. The lowest BCUT2D eigenvalue weighted by atomic mass is 10.2. The standard InChI is InChI=1S/C44H45ClN4O6/c1-3-5-7-9-29-52-38-23-19-36(20-24-38)48-46-34-15-11-32(12-16-34)43(50)54-40-27-28-41(45)42(31-40)55-44(51)33-13-17-35(18-14-33)47-49-37-21-25-39(26-22-37)53-30-10-8-6-4-2/h11-28,31H,3-10,29-30H2,1-2H3. The van der Waals surface area contributed by atoms with E-state index >= 15 is 0 Å². The fourth-order valence-corrected chi connectivity index (χ4v) is 5.32. The second-order valence-corrected chi connectivity index (χ2v) is 13.1. The summed E-state index contributed by atoms with van der Waals surface area (Å²) < 4.78 is 22.6. The third kappa shape index (κ3) is 13.5. The summed E-state index contributed by atoms with van der Waals surface area (Å²) in [4.78, 5) is 25.9. The molecule has 0 unspecified atom stereocenters. The van der Waals surface area contributed by atoms with Gasteiger partial charge in [0.1, 0.15) is 17.2 Å². The van der Waals surface area contributed by atoms with Gasteiger partial charge in [-0.3, -0.25) is 0 Å². The highest BCUT2D eigenvalue weighted by atomic mass is 35.5. The van der Waals surface area contributed by atoms with Gasteiger partial charge in [-0.1, -0.05) is 64.0 Å². The van der Waals surface area contributed by atoms with Crippen molar-refractivity contribution in [1.82, 2.24) is 0 Å². The van der Waals surface area contributed by atoms with Crippen molar-refractivity contribution in [1.29, 1.82) is 0 Å². The number of unbranched alkanes of at least 4 members (excludes halogenated alkanes) is 6. The summed E-state index contributed by atoms with van der Waals surface area (Å²) in [5, 5.41) is 17.2. The lowest BCUT2D eigenvalue weighted by Crippen LogP contribution is -2.10. The molecule has 0 spiro atoms. The molecule has 5 aromatic rings. The molecule has 5 rings (SSSR count). The van der Waals surface area contributed by atoms with E-state index in [9.17, 15) is 9.59 Å². The van der Waals surface area contributed by atoms with E-state index < -0.39 is 11.9 Å². The van der Waals surface area contributed by atoms with Crippen LogP contribution in [0.1, 0.15) is 85.9 Å². The van der Waals surface area contributed by atoms with E-state index in [1.54, 1.807) is 48.5 Å². The number of azo groups is 2. The van der Waals surface area contributed by atoms with Crippen molar-refractivity contribution < 1.29 is 28.5 Å². The van der Waals surface area contributed by atoms with Crippen molar-refractivity contribution >= 4 is 46.3 Å². The molecule has 10 nitrogen and oxygen atoms in total. The largest absolute Gasteiger partial charge is 0.494 e. The molecule has 0 saturated carbocycles. The molecule has 0 amide bonds. The van der Waals surface area contributed by atoms with Crippen molar-refractivity contribution in [2.24, 2.45) is 20.5 Å². The van der Waals surface area contributed by atoms with Gasteiger partial charge in [0.2, 0.25) is 0 Å². The second kappa shape index (κ2) is 21.7. The van der Waals surface area contributed by atoms with Crippen LogP contribution < -0.4 is 18.9 Å². The van der Waals surface area contributed by atoms with Crippen LogP contribution in [0.15, 0.2) is 136 Å². The first-order valence-electron chi connectivity index (χ1n) is 18.6. The highest BCUT2D eigenvalue weighted by Crippen LogP contribution is 2.31. The number of carbonyl (C=O) groups excluding carboxylic acids is 2. The van der Waals surface area contributed by atoms with Crippen LogP contribution in [-0.2, 0) is 0 Å². The molecule has 284 valence electrons. The lowest BCUT2D eigenvalue weighted by Gasteiger charge is -2.09. The van der Waals surface area contributed by atoms with E-state index in [2.05, 4.69) is 34.3 Å². The summed E-state index contributed by atoms with van der Waals surface area (Å²) >= 11 is 6.31. The molecule has 0 radical (unpaired) electrons. The maximum Gasteiger partial charge on any atom is 0.343 e. The third-order valence-electron chi connectivity index (χ3n) is 8.29. The molecule has 0 bridgehead atoms. The molecule has 0 saturated heterocycles. The molecule has 0 aromatic heterocycles. The van der Waals surface area contributed by atoms with Crippen molar-refractivity contribution in [2.45, 2.75) is 65.2 Å². The maximum atomic E-state index is 13.0. The number of ether oxygens (including phenoxy) is 4. The van der Waals surface area contributed by atoms with Gasteiger partial charge in [-0.2, -0.15) is 20.5 Å². The number of carbonyl (C=O) groups is 2. The first-order valence-corrected chi connectivity index (χ1v) is 19.0. The van der Waals surface area contributed by atoms with Crippen LogP contribution in [0.25, 0.3) is 0 Å². The molecular weight excluding hydrogens is 716 g/mol. The van der Waals surface area contributed by atoms with Gasteiger partial charge in [0.25, 0.3) is 0 Å². The molecular formula is C44H45ClN4O6. The van der Waals surface area contributed by atoms with Crippen LogP contribution in [0.4, 0.5) is 22.7 Å². The van der Waals surface area contributed by atoms with Crippen LogP contribution in [0.3, 0.4) is 0 Å². The normalized spacial score (nSPS) is 11.2. The summed E-state index contributed by atoms with van der Waals surface area (Å²) in [6.45, 7) is 5.76. The van der Waals surface area contributed by atoms with Crippen molar-refractivity contribution in [2.75, 3.05) is 13.2 Å². The molecule has 0 aliphatic carbocycles. The zero-order valence-electron chi connectivity index (χ0n) is 31.2. The van der Waals surface area contributed by atoms with E-state index in [1.165, 1.54) is 50.3 Å². The second-order valence-electron chi connectivity index (χ2n) is 12.7. The number of esters is 2. The summed E-state index contributed by atoms with van der Waals surface area (Å²) in [6, 6.07) is 32.2. The Labute approximate surface area is 327 Å². The highest BCUT2D eigenvalue weighted by Gasteiger charge is 2.15. The molecule has 55 heavy (non-hydrogen) atoms. The van der Waals surface area contributed by atoms with E-state index in [1.807, 2.05) is 48.5 Å². The average Bonchev–Trinajstić information content (AvgIpc) is 3.21. The van der Waals surface area contributed by atoms with E-state index in [-0.39, 0.29) is 22.1 Å². The molecule has 5 aromatic carbocycles. The Hall–Kier alpha value is -5.87. The van der Waals surface area contributed by atoms with Crippen LogP contribution in [0.5, 0.6) is 23.0 Å². The fourth-order valence-electron chi connectivity index (χ4n) is 5.17. The van der Waals surface area contributed by atoms with E-state index in [4.69, 9.17) is 30.5 Å². The molecule has 0 aliphatic rings. The Morgan fingerprint density at radius 3 is 1.27 bits per heavy atom. The van der Waals surface area contributed by atoms with Gasteiger partial charge in [0.15, 0.2) is 5.75 Å². The van der Waals surface area contributed by atoms with E-state index in [0.29, 0.717) is 41.5 Å². The number of hydrogen-bond donors (Lipinski definition) is 0. The lowest BCUT2D eigenvalue weighted by molar-refractivity contribution is 0.0733. The van der Waals surface area contributed by atoms with Crippen LogP contribution in [0, 0.1) is 0 Å². The van der Waals surface area contributed by atoms with Crippen LogP contribution >= 0.6 is 11.6 Å². The SMILES string of the molecule is CCCCCCOc1ccc(N=Nc2ccc(C(=O)Oc3ccc(Cl)c(OC(=O)c4ccc(N=Nc5ccc(OCCCCCC)cc5)cc4)c3)cc2)cc1. The van der Waals surface area contributed by atoms with Gasteiger partial charge in [0, 0.05) is 6.07 Å². The summed E-state index contributed by atoms with van der Waals surface area (Å²) in [5.74, 6) is 0.523. The van der Waals surface area contributed by atoms with E-state index in [0.717, 1.165) is 30.8 Å². The Morgan fingerprint density at radius 2 is 0.855 bits per heavy atom. The van der Waals surface area contributed by atoms with Crippen molar-refractivity contribution in [3.8, 4) is 23.0 Å². The van der Waals surface area contributed by atoms with Crippen LogP contribution in [0.2, 0.25) is 5.02 Å². The monoisotopic (exact) mass is 760 g/mol. The number of hydrogen-bond acceptors (Lipinski definition) is 10. The van der Waals surface area contributed by atoms with Crippen LogP contribution in [-0.4, -0.2) is 25.2 Å². The minimum absolute atomic E-state index is 0.0384. The first-order chi connectivity index (χ1) is 26.9. The Morgan fingerprint density at radius 1 is 0.473 bits per heavy atom. The molecule has 11 heteroatoms. The summed E-state index contributed by atoms with van der Waals surface area (Å²) in [6.07, 6.45) is 9.22.